The van der Waals surface area contributed by atoms with Gasteiger partial charge in [0.15, 0.2) is 9.84 Å². The maximum absolute atomic E-state index is 12.1. The minimum Gasteiger partial charge on any atom is -0.379 e. The second-order valence-electron chi connectivity index (χ2n) is 4.88. The number of nitro groups is 1. The largest absolute Gasteiger partial charge is 0.379 e. The molecule has 0 unspecified atom stereocenters. The van der Waals surface area contributed by atoms with Gasteiger partial charge < -0.3 is 4.74 Å². The minimum absolute atomic E-state index is 0.0438. The van der Waals surface area contributed by atoms with E-state index in [0.29, 0.717) is 19.6 Å². The highest BCUT2D eigenvalue weighted by molar-refractivity contribution is 7.91. The molecule has 0 saturated carbocycles. The number of nitro benzene ring substituents is 1. The van der Waals surface area contributed by atoms with Crippen molar-refractivity contribution in [2.24, 2.45) is 0 Å². The van der Waals surface area contributed by atoms with Crippen LogP contribution in [0.25, 0.3) is 0 Å². The molecule has 0 atom stereocenters. The fraction of sp³-hybridized carbons (Fsp3) is 0.538. The second kappa shape index (κ2) is 6.97. The summed E-state index contributed by atoms with van der Waals surface area (Å²) in [5, 5.41) is 10.5. The fourth-order valence-electron chi connectivity index (χ4n) is 2.20. The molecule has 1 aliphatic heterocycles. The molecule has 8 heteroatoms. The third kappa shape index (κ3) is 4.48. The highest BCUT2D eigenvalue weighted by Crippen LogP contribution is 2.17. The number of rotatable bonds is 6. The van der Waals surface area contributed by atoms with Gasteiger partial charge >= 0.3 is 0 Å². The zero-order chi connectivity index (χ0) is 15.3. The molecule has 0 spiro atoms. The molecule has 1 aromatic carbocycles. The first kappa shape index (κ1) is 15.9. The van der Waals surface area contributed by atoms with E-state index in [0.717, 1.165) is 19.6 Å². The van der Waals surface area contributed by atoms with Gasteiger partial charge in [-0.3, -0.25) is 15.0 Å². The first-order chi connectivity index (χ1) is 9.99. The summed E-state index contributed by atoms with van der Waals surface area (Å²) in [7, 11) is -3.38. The summed E-state index contributed by atoms with van der Waals surface area (Å²) in [5.41, 5.74) is -0.109. The predicted molar refractivity (Wildman–Crippen MR) is 77.0 cm³/mol. The average molecular weight is 314 g/mol. The molecule has 1 aliphatic rings. The zero-order valence-electron chi connectivity index (χ0n) is 11.6. The van der Waals surface area contributed by atoms with E-state index in [2.05, 4.69) is 4.90 Å². The number of nitrogens with zero attached hydrogens (tertiary/aromatic N) is 2. The van der Waals surface area contributed by atoms with Gasteiger partial charge in [-0.2, -0.15) is 0 Å². The van der Waals surface area contributed by atoms with Crippen LogP contribution in [0.15, 0.2) is 29.2 Å². The van der Waals surface area contributed by atoms with Crippen LogP contribution in [0, 0.1) is 10.1 Å². The molecule has 0 amide bonds. The lowest BCUT2D eigenvalue weighted by Crippen LogP contribution is -2.37. The molecule has 1 saturated heterocycles. The smallest absolute Gasteiger partial charge is 0.269 e. The SMILES string of the molecule is O=[N+]([O-])c1ccc(S(=O)(=O)CCCN2CCOCC2)cc1. The normalized spacial score (nSPS) is 16.8. The Morgan fingerprint density at radius 2 is 1.81 bits per heavy atom. The van der Waals surface area contributed by atoms with Crippen molar-refractivity contribution >= 4 is 15.5 Å². The number of benzene rings is 1. The van der Waals surface area contributed by atoms with Crippen LogP contribution in [0.4, 0.5) is 5.69 Å². The van der Waals surface area contributed by atoms with Crippen molar-refractivity contribution in [3.63, 3.8) is 0 Å². The molecule has 0 bridgehead atoms. The van der Waals surface area contributed by atoms with E-state index in [9.17, 15) is 18.5 Å². The summed E-state index contributed by atoms with van der Waals surface area (Å²) in [6.07, 6.45) is 0.541. The monoisotopic (exact) mass is 314 g/mol. The minimum atomic E-state index is -3.38. The molecule has 0 aromatic heterocycles. The van der Waals surface area contributed by atoms with Gasteiger partial charge in [0.2, 0.25) is 0 Å². The lowest BCUT2D eigenvalue weighted by Gasteiger charge is -2.26. The fourth-order valence-corrected chi connectivity index (χ4v) is 3.49. The molecule has 1 fully saturated rings. The summed E-state index contributed by atoms with van der Waals surface area (Å²) < 4.78 is 29.5. The predicted octanol–water partition coefficient (Wildman–Crippen LogP) is 1.09. The maximum atomic E-state index is 12.1. The van der Waals surface area contributed by atoms with Gasteiger partial charge in [-0.1, -0.05) is 0 Å². The molecule has 116 valence electrons. The molecule has 2 rings (SSSR count). The summed E-state index contributed by atoms with van der Waals surface area (Å²) >= 11 is 0. The number of ether oxygens (including phenoxy) is 1. The Bertz CT molecular complexity index is 579. The van der Waals surface area contributed by atoms with E-state index in [1.54, 1.807) is 0 Å². The molecule has 1 heterocycles. The lowest BCUT2D eigenvalue weighted by atomic mass is 10.3. The summed E-state index contributed by atoms with van der Waals surface area (Å²) in [4.78, 5) is 12.3. The molecule has 1 aromatic rings. The molecular formula is C13H18N2O5S. The van der Waals surface area contributed by atoms with Gasteiger partial charge in [0, 0.05) is 25.2 Å². The lowest BCUT2D eigenvalue weighted by molar-refractivity contribution is -0.384. The van der Waals surface area contributed by atoms with Crippen molar-refractivity contribution in [3.05, 3.63) is 34.4 Å². The molecule has 0 N–H and O–H groups in total. The first-order valence-electron chi connectivity index (χ1n) is 6.76. The number of non-ortho nitro benzene ring substituents is 1. The van der Waals surface area contributed by atoms with E-state index in [4.69, 9.17) is 4.74 Å². The molecule has 7 nitrogen and oxygen atoms in total. The summed E-state index contributed by atoms with van der Waals surface area (Å²) in [6, 6.07) is 5.02. The summed E-state index contributed by atoms with van der Waals surface area (Å²) in [5.74, 6) is 0.0438. The Morgan fingerprint density at radius 3 is 2.38 bits per heavy atom. The van der Waals surface area contributed by atoms with Crippen LogP contribution in [-0.4, -0.2) is 56.8 Å². The highest BCUT2D eigenvalue weighted by Gasteiger charge is 2.17. The number of morpholine rings is 1. The highest BCUT2D eigenvalue weighted by atomic mass is 32.2. The third-order valence-electron chi connectivity index (χ3n) is 3.40. The Balaban J connectivity index is 1.90. The Kier molecular flexibility index (Phi) is 5.27. The van der Waals surface area contributed by atoms with Gasteiger partial charge in [0.1, 0.15) is 0 Å². The van der Waals surface area contributed by atoms with Crippen LogP contribution in [0.2, 0.25) is 0 Å². The van der Waals surface area contributed by atoms with E-state index in [-0.39, 0.29) is 16.3 Å². The van der Waals surface area contributed by atoms with Crippen molar-refractivity contribution in [1.29, 1.82) is 0 Å². The molecule has 21 heavy (non-hydrogen) atoms. The number of hydrogen-bond acceptors (Lipinski definition) is 6. The van der Waals surface area contributed by atoms with Gasteiger partial charge in [-0.25, -0.2) is 8.42 Å². The third-order valence-corrected chi connectivity index (χ3v) is 5.21. The second-order valence-corrected chi connectivity index (χ2v) is 6.99. The molecule has 0 aliphatic carbocycles. The van der Waals surface area contributed by atoms with E-state index in [1.807, 2.05) is 0 Å². The van der Waals surface area contributed by atoms with Crippen LogP contribution in [0.3, 0.4) is 0 Å². The topological polar surface area (TPSA) is 89.8 Å². The van der Waals surface area contributed by atoms with Crippen LogP contribution >= 0.6 is 0 Å². The van der Waals surface area contributed by atoms with Crippen LogP contribution in [0.1, 0.15) is 6.42 Å². The van der Waals surface area contributed by atoms with Gasteiger partial charge in [0.05, 0.1) is 28.8 Å². The molecular weight excluding hydrogens is 296 g/mol. The van der Waals surface area contributed by atoms with Gasteiger partial charge in [-0.15, -0.1) is 0 Å². The first-order valence-corrected chi connectivity index (χ1v) is 8.41. The average Bonchev–Trinajstić information content (AvgIpc) is 2.48. The Labute approximate surface area is 123 Å². The van der Waals surface area contributed by atoms with Gasteiger partial charge in [-0.05, 0) is 25.1 Å². The van der Waals surface area contributed by atoms with Crippen LogP contribution < -0.4 is 0 Å². The Morgan fingerprint density at radius 1 is 1.19 bits per heavy atom. The van der Waals surface area contributed by atoms with Crippen LogP contribution in [0.5, 0.6) is 0 Å². The van der Waals surface area contributed by atoms with Gasteiger partial charge in [0.25, 0.3) is 5.69 Å². The summed E-state index contributed by atoms with van der Waals surface area (Å²) in [6.45, 7) is 3.76. The Hall–Kier alpha value is -1.51. The van der Waals surface area contributed by atoms with E-state index >= 15 is 0 Å². The van der Waals surface area contributed by atoms with Crippen molar-refractivity contribution < 1.29 is 18.1 Å². The van der Waals surface area contributed by atoms with Crippen LogP contribution in [-0.2, 0) is 14.6 Å². The molecule has 0 radical (unpaired) electrons. The standard InChI is InChI=1S/C13H18N2O5S/c16-15(17)12-2-4-13(5-3-12)21(18,19)11-1-6-14-7-9-20-10-8-14/h2-5H,1,6-11H2. The maximum Gasteiger partial charge on any atom is 0.269 e. The van der Waals surface area contributed by atoms with Crippen molar-refractivity contribution in [1.82, 2.24) is 4.90 Å². The number of sulfone groups is 1. The van der Waals surface area contributed by atoms with Crippen molar-refractivity contribution in [2.45, 2.75) is 11.3 Å². The van der Waals surface area contributed by atoms with E-state index in [1.165, 1.54) is 24.3 Å². The quantitative estimate of drug-likeness (QED) is 0.577. The van der Waals surface area contributed by atoms with E-state index < -0.39 is 14.8 Å². The van der Waals surface area contributed by atoms with Crippen molar-refractivity contribution in [3.8, 4) is 0 Å². The van der Waals surface area contributed by atoms with Crippen molar-refractivity contribution in [2.75, 3.05) is 38.6 Å². The zero-order valence-corrected chi connectivity index (χ0v) is 12.4. The number of hydrogen-bond donors (Lipinski definition) is 0.